The van der Waals surface area contributed by atoms with Gasteiger partial charge in [-0.3, -0.25) is 9.69 Å². The van der Waals surface area contributed by atoms with E-state index >= 15 is 0 Å². The number of rotatable bonds is 6. The number of nitrogens with zero attached hydrogens (tertiary/aromatic N) is 4. The molecule has 1 N–H and O–H groups in total. The Balaban J connectivity index is 1.40. The molecule has 0 unspecified atom stereocenters. The van der Waals surface area contributed by atoms with Gasteiger partial charge in [0, 0.05) is 44.8 Å². The highest BCUT2D eigenvalue weighted by Gasteiger charge is 2.17. The minimum absolute atomic E-state index is 0.0847. The predicted octanol–water partition coefficient (Wildman–Crippen LogP) is 2.61. The summed E-state index contributed by atoms with van der Waals surface area (Å²) in [5.41, 5.74) is 6.09. The number of nitriles is 1. The van der Waals surface area contributed by atoms with Crippen LogP contribution in [0.1, 0.15) is 24.5 Å². The first-order valence-electron chi connectivity index (χ1n) is 9.52. The van der Waals surface area contributed by atoms with Crippen molar-refractivity contribution in [2.24, 2.45) is 5.10 Å². The number of hydrazone groups is 1. The van der Waals surface area contributed by atoms with Crippen molar-refractivity contribution in [2.45, 2.75) is 13.3 Å². The van der Waals surface area contributed by atoms with Gasteiger partial charge in [-0.05, 0) is 36.8 Å². The van der Waals surface area contributed by atoms with Crippen LogP contribution in [0.2, 0.25) is 0 Å². The van der Waals surface area contributed by atoms with Crippen molar-refractivity contribution in [3.63, 3.8) is 0 Å². The Bertz CT molecular complexity index is 847. The van der Waals surface area contributed by atoms with Gasteiger partial charge >= 0.3 is 0 Å². The quantitative estimate of drug-likeness (QED) is 0.622. The lowest BCUT2D eigenvalue weighted by molar-refractivity contribution is -0.121. The topological polar surface area (TPSA) is 71.7 Å². The summed E-state index contributed by atoms with van der Waals surface area (Å²) in [5, 5.41) is 13.0. The molecule has 0 radical (unpaired) electrons. The molecule has 1 aliphatic heterocycles. The van der Waals surface area contributed by atoms with Crippen LogP contribution < -0.4 is 10.3 Å². The first-order chi connectivity index (χ1) is 13.7. The molecule has 3 rings (SSSR count). The number of amides is 1. The number of para-hydroxylation sites is 1. The van der Waals surface area contributed by atoms with Crippen molar-refractivity contribution in [3.05, 3.63) is 65.7 Å². The Morgan fingerprint density at radius 3 is 2.39 bits per heavy atom. The SMILES string of the molecule is C/C(=N\NC(=O)CCN1CCN(c2ccccc2)CC1)c1ccc(C#N)cc1. The summed E-state index contributed by atoms with van der Waals surface area (Å²) in [6.07, 6.45) is 0.426. The standard InChI is InChI=1S/C22H25N5O/c1-18(20-9-7-19(17-23)8-10-20)24-25-22(28)11-12-26-13-15-27(16-14-26)21-5-3-2-4-6-21/h2-10H,11-16H2,1H3,(H,25,28)/b24-18+. The van der Waals surface area contributed by atoms with Gasteiger partial charge in [0.25, 0.3) is 0 Å². The molecule has 2 aromatic carbocycles. The zero-order chi connectivity index (χ0) is 19.8. The highest BCUT2D eigenvalue weighted by molar-refractivity contribution is 5.99. The zero-order valence-corrected chi connectivity index (χ0v) is 16.1. The van der Waals surface area contributed by atoms with Crippen LogP contribution in [0.15, 0.2) is 59.7 Å². The van der Waals surface area contributed by atoms with Gasteiger partial charge in [-0.2, -0.15) is 10.4 Å². The molecule has 1 amide bonds. The van der Waals surface area contributed by atoms with Gasteiger partial charge in [0.15, 0.2) is 0 Å². The number of hydrogen-bond donors (Lipinski definition) is 1. The van der Waals surface area contributed by atoms with E-state index in [0.29, 0.717) is 17.7 Å². The van der Waals surface area contributed by atoms with Gasteiger partial charge in [0.1, 0.15) is 0 Å². The van der Waals surface area contributed by atoms with E-state index in [1.807, 2.05) is 25.1 Å². The number of piperazine rings is 1. The molecule has 6 nitrogen and oxygen atoms in total. The first kappa shape index (κ1) is 19.6. The van der Waals surface area contributed by atoms with Crippen molar-refractivity contribution < 1.29 is 4.79 Å². The van der Waals surface area contributed by atoms with Gasteiger partial charge in [0.05, 0.1) is 17.3 Å². The normalized spacial score (nSPS) is 15.1. The van der Waals surface area contributed by atoms with Gasteiger partial charge in [0.2, 0.25) is 5.91 Å². The van der Waals surface area contributed by atoms with Crippen molar-refractivity contribution in [1.29, 1.82) is 5.26 Å². The summed E-state index contributed by atoms with van der Waals surface area (Å²) < 4.78 is 0. The fraction of sp³-hybridized carbons (Fsp3) is 0.318. The van der Waals surface area contributed by atoms with Crippen LogP contribution in [-0.4, -0.2) is 49.2 Å². The van der Waals surface area contributed by atoms with Crippen LogP contribution >= 0.6 is 0 Å². The summed E-state index contributed by atoms with van der Waals surface area (Å²) >= 11 is 0. The molecule has 1 heterocycles. The van der Waals surface area contributed by atoms with E-state index in [1.54, 1.807) is 12.1 Å². The summed E-state index contributed by atoms with van der Waals surface area (Å²) in [5.74, 6) is -0.0847. The Morgan fingerprint density at radius 1 is 1.07 bits per heavy atom. The second kappa shape index (κ2) is 9.67. The Kier molecular flexibility index (Phi) is 6.77. The van der Waals surface area contributed by atoms with E-state index in [4.69, 9.17) is 5.26 Å². The third-order valence-electron chi connectivity index (χ3n) is 4.93. The molecule has 6 heteroatoms. The molecule has 0 bridgehead atoms. The third kappa shape index (κ3) is 5.41. The molecular formula is C22H25N5O. The maximum absolute atomic E-state index is 12.1. The second-order valence-electron chi connectivity index (χ2n) is 6.84. The third-order valence-corrected chi connectivity index (χ3v) is 4.93. The fourth-order valence-corrected chi connectivity index (χ4v) is 3.18. The number of benzene rings is 2. The van der Waals surface area contributed by atoms with Gasteiger partial charge < -0.3 is 4.90 Å². The van der Waals surface area contributed by atoms with Gasteiger partial charge in [-0.1, -0.05) is 30.3 Å². The highest BCUT2D eigenvalue weighted by Crippen LogP contribution is 2.15. The van der Waals surface area contributed by atoms with E-state index < -0.39 is 0 Å². The van der Waals surface area contributed by atoms with Crippen LogP contribution in [0.3, 0.4) is 0 Å². The molecule has 1 fully saturated rings. The van der Waals surface area contributed by atoms with E-state index in [9.17, 15) is 4.79 Å². The van der Waals surface area contributed by atoms with Crippen LogP contribution in [0.5, 0.6) is 0 Å². The Labute approximate surface area is 166 Å². The van der Waals surface area contributed by atoms with Crippen molar-refractivity contribution in [2.75, 3.05) is 37.6 Å². The van der Waals surface area contributed by atoms with Crippen molar-refractivity contribution in [1.82, 2.24) is 10.3 Å². The van der Waals surface area contributed by atoms with Crippen molar-refractivity contribution >= 4 is 17.3 Å². The highest BCUT2D eigenvalue weighted by atomic mass is 16.2. The molecule has 144 valence electrons. The lowest BCUT2D eigenvalue weighted by Crippen LogP contribution is -2.47. The molecule has 1 aliphatic rings. The Morgan fingerprint density at radius 2 is 1.75 bits per heavy atom. The number of hydrogen-bond acceptors (Lipinski definition) is 5. The van der Waals surface area contributed by atoms with Crippen LogP contribution in [-0.2, 0) is 4.79 Å². The lowest BCUT2D eigenvalue weighted by atomic mass is 10.1. The summed E-state index contributed by atoms with van der Waals surface area (Å²) in [6, 6.07) is 19.7. The minimum Gasteiger partial charge on any atom is -0.369 e. The molecule has 0 atom stereocenters. The molecule has 0 saturated carbocycles. The molecule has 0 aromatic heterocycles. The van der Waals surface area contributed by atoms with Crippen LogP contribution in [0, 0.1) is 11.3 Å². The predicted molar refractivity (Wildman–Crippen MR) is 111 cm³/mol. The minimum atomic E-state index is -0.0847. The van der Waals surface area contributed by atoms with Crippen LogP contribution in [0.4, 0.5) is 5.69 Å². The summed E-state index contributed by atoms with van der Waals surface area (Å²) in [6.45, 7) is 6.43. The summed E-state index contributed by atoms with van der Waals surface area (Å²) in [4.78, 5) is 16.8. The van der Waals surface area contributed by atoms with E-state index in [1.165, 1.54) is 5.69 Å². The molecule has 0 spiro atoms. The average Bonchev–Trinajstić information content (AvgIpc) is 2.77. The molecule has 28 heavy (non-hydrogen) atoms. The molecule has 2 aromatic rings. The molecule has 1 saturated heterocycles. The monoisotopic (exact) mass is 375 g/mol. The number of nitrogens with one attached hydrogen (secondary N) is 1. The maximum Gasteiger partial charge on any atom is 0.241 e. The summed E-state index contributed by atoms with van der Waals surface area (Å²) in [7, 11) is 0. The number of anilines is 1. The Hall–Kier alpha value is -3.17. The number of carbonyl (C=O) groups is 1. The van der Waals surface area contributed by atoms with E-state index in [-0.39, 0.29) is 5.91 Å². The first-order valence-corrected chi connectivity index (χ1v) is 9.52. The molecular weight excluding hydrogens is 350 g/mol. The van der Waals surface area contributed by atoms with E-state index in [0.717, 1.165) is 38.3 Å². The maximum atomic E-state index is 12.1. The smallest absolute Gasteiger partial charge is 0.241 e. The van der Waals surface area contributed by atoms with Crippen molar-refractivity contribution in [3.8, 4) is 6.07 Å². The van der Waals surface area contributed by atoms with Gasteiger partial charge in [-0.25, -0.2) is 5.43 Å². The second-order valence-corrected chi connectivity index (χ2v) is 6.84. The number of carbonyl (C=O) groups excluding carboxylic acids is 1. The largest absolute Gasteiger partial charge is 0.369 e. The zero-order valence-electron chi connectivity index (χ0n) is 16.1. The molecule has 0 aliphatic carbocycles. The van der Waals surface area contributed by atoms with Gasteiger partial charge in [-0.15, -0.1) is 0 Å². The lowest BCUT2D eigenvalue weighted by Gasteiger charge is -2.36. The fourth-order valence-electron chi connectivity index (χ4n) is 3.18. The average molecular weight is 375 g/mol. The van der Waals surface area contributed by atoms with E-state index in [2.05, 4.69) is 50.7 Å². The van der Waals surface area contributed by atoms with Crippen LogP contribution in [0.25, 0.3) is 0 Å².